The summed E-state index contributed by atoms with van der Waals surface area (Å²) in [4.78, 5) is 13.3. The molecule has 0 radical (unpaired) electrons. The van der Waals surface area contributed by atoms with Crippen LogP contribution in [0.1, 0.15) is 11.4 Å². The number of hydrogen-bond acceptors (Lipinski definition) is 6. The number of aromatic nitrogens is 3. The minimum absolute atomic E-state index is 0.00782. The molecule has 0 unspecified atom stereocenters. The zero-order chi connectivity index (χ0) is 20.1. The number of nitriles is 1. The van der Waals surface area contributed by atoms with E-state index in [2.05, 4.69) is 34.2 Å². The molecule has 2 N–H and O–H groups in total. The molecule has 1 heterocycles. The maximum atomic E-state index is 10.2. The van der Waals surface area contributed by atoms with E-state index in [4.69, 9.17) is 5.26 Å². The van der Waals surface area contributed by atoms with Gasteiger partial charge in [0.25, 0.3) is 0 Å². The van der Waals surface area contributed by atoms with Crippen molar-refractivity contribution in [3.05, 3.63) is 91.0 Å². The molecule has 0 bridgehead atoms. The fourth-order valence-corrected chi connectivity index (χ4v) is 2.55. The van der Waals surface area contributed by atoms with E-state index in [1.54, 1.807) is 42.5 Å². The quantitative estimate of drug-likeness (QED) is 0.510. The number of aliphatic hydroxyl groups is 1. The second kappa shape index (κ2) is 7.98. The van der Waals surface area contributed by atoms with E-state index in [0.29, 0.717) is 16.7 Å². The number of nitrogens with zero attached hydrogens (tertiary/aromatic N) is 4. The lowest BCUT2D eigenvalue weighted by Crippen LogP contribution is -2.04. The van der Waals surface area contributed by atoms with E-state index in [-0.39, 0.29) is 34.6 Å². The first-order valence-corrected chi connectivity index (χ1v) is 8.29. The van der Waals surface area contributed by atoms with Gasteiger partial charge >= 0.3 is 0 Å². The monoisotopic (exact) mass is 368 g/mol. The second-order valence-corrected chi connectivity index (χ2v) is 5.78. The van der Waals surface area contributed by atoms with Crippen molar-refractivity contribution < 1.29 is 10.2 Å². The molecule has 6 heteroatoms. The van der Waals surface area contributed by atoms with Gasteiger partial charge < -0.3 is 10.2 Å². The SMILES string of the molecule is C=C/C=C(\C(=C)O)c1nc(-c2cccc(C#N)c2)nc(-c2ccccc2O)n1. The number of benzene rings is 2. The fourth-order valence-electron chi connectivity index (χ4n) is 2.55. The lowest BCUT2D eigenvalue weighted by Gasteiger charge is -2.10. The number of phenols is 1. The largest absolute Gasteiger partial charge is 0.508 e. The number of hydrogen-bond donors (Lipinski definition) is 2. The summed E-state index contributed by atoms with van der Waals surface area (Å²) in [7, 11) is 0. The third kappa shape index (κ3) is 3.79. The van der Waals surface area contributed by atoms with Crippen molar-refractivity contribution in [2.75, 3.05) is 0 Å². The van der Waals surface area contributed by atoms with Crippen LogP contribution in [-0.2, 0) is 0 Å². The Bertz CT molecular complexity index is 1140. The van der Waals surface area contributed by atoms with Crippen molar-refractivity contribution in [2.24, 2.45) is 0 Å². The van der Waals surface area contributed by atoms with Crippen LogP contribution < -0.4 is 0 Å². The molecule has 2 aromatic carbocycles. The average Bonchev–Trinajstić information content (AvgIpc) is 2.71. The van der Waals surface area contributed by atoms with E-state index in [0.717, 1.165) is 0 Å². The average molecular weight is 368 g/mol. The first kappa shape index (κ1) is 18.5. The highest BCUT2D eigenvalue weighted by Gasteiger charge is 2.16. The van der Waals surface area contributed by atoms with Crippen LogP contribution in [0.2, 0.25) is 0 Å². The molecular formula is C22H16N4O2. The summed E-state index contributed by atoms with van der Waals surface area (Å²) in [6.45, 7) is 7.18. The van der Waals surface area contributed by atoms with E-state index in [1.807, 2.05) is 0 Å². The summed E-state index contributed by atoms with van der Waals surface area (Å²) in [5.41, 5.74) is 1.73. The van der Waals surface area contributed by atoms with Gasteiger partial charge in [0.05, 0.1) is 22.8 Å². The zero-order valence-corrected chi connectivity index (χ0v) is 14.9. The summed E-state index contributed by atoms with van der Waals surface area (Å²) >= 11 is 0. The predicted molar refractivity (Wildman–Crippen MR) is 107 cm³/mol. The Balaban J connectivity index is 2.29. The molecule has 0 fully saturated rings. The maximum Gasteiger partial charge on any atom is 0.167 e. The Hall–Kier alpha value is -4.24. The Morgan fingerprint density at radius 2 is 1.79 bits per heavy atom. The van der Waals surface area contributed by atoms with Gasteiger partial charge in [0, 0.05) is 5.56 Å². The molecule has 0 atom stereocenters. The number of phenolic OH excluding ortho intramolecular Hbond substituents is 1. The maximum absolute atomic E-state index is 10.2. The first-order valence-electron chi connectivity index (χ1n) is 8.29. The summed E-state index contributed by atoms with van der Waals surface area (Å²) in [6, 6.07) is 15.5. The second-order valence-electron chi connectivity index (χ2n) is 5.78. The van der Waals surface area contributed by atoms with Crippen LogP contribution in [0.4, 0.5) is 0 Å². The van der Waals surface area contributed by atoms with Crippen LogP contribution >= 0.6 is 0 Å². The summed E-state index contributed by atoms with van der Waals surface area (Å²) in [5.74, 6) is 0.450. The normalized spacial score (nSPS) is 10.9. The van der Waals surface area contributed by atoms with Crippen molar-refractivity contribution >= 4 is 5.57 Å². The molecule has 0 aliphatic rings. The van der Waals surface area contributed by atoms with Crippen molar-refractivity contribution in [1.29, 1.82) is 5.26 Å². The smallest absolute Gasteiger partial charge is 0.167 e. The van der Waals surface area contributed by atoms with Crippen LogP contribution in [0.5, 0.6) is 5.75 Å². The number of aliphatic hydroxyl groups excluding tert-OH is 1. The highest BCUT2D eigenvalue weighted by Crippen LogP contribution is 2.29. The third-order valence-corrected chi connectivity index (χ3v) is 3.87. The van der Waals surface area contributed by atoms with Crippen LogP contribution in [0.3, 0.4) is 0 Å². The number of aromatic hydroxyl groups is 1. The van der Waals surface area contributed by atoms with Crippen LogP contribution in [0.15, 0.2) is 79.6 Å². The van der Waals surface area contributed by atoms with Gasteiger partial charge in [-0.25, -0.2) is 15.0 Å². The van der Waals surface area contributed by atoms with E-state index in [1.165, 1.54) is 18.2 Å². The topological polar surface area (TPSA) is 103 Å². The van der Waals surface area contributed by atoms with Crippen molar-refractivity contribution in [1.82, 2.24) is 15.0 Å². The molecule has 3 rings (SSSR count). The van der Waals surface area contributed by atoms with E-state index in [9.17, 15) is 10.2 Å². The molecule has 136 valence electrons. The molecule has 0 saturated heterocycles. The van der Waals surface area contributed by atoms with Gasteiger partial charge in [-0.2, -0.15) is 5.26 Å². The highest BCUT2D eigenvalue weighted by atomic mass is 16.3. The fraction of sp³-hybridized carbons (Fsp3) is 0. The van der Waals surface area contributed by atoms with Crippen molar-refractivity contribution in [3.8, 4) is 34.6 Å². The third-order valence-electron chi connectivity index (χ3n) is 3.87. The number of allylic oxidation sites excluding steroid dienone is 3. The molecule has 1 aromatic heterocycles. The lowest BCUT2D eigenvalue weighted by molar-refractivity contribution is 0.440. The van der Waals surface area contributed by atoms with Gasteiger partial charge in [0.2, 0.25) is 0 Å². The standard InChI is InChI=1S/C22H16N4O2/c1-3-7-17(14(2)27)21-24-20(16-9-6-8-15(12-16)13-23)25-22(26-21)18-10-4-5-11-19(18)28/h3-12,27-28H,1-2H2/b17-7+. The lowest BCUT2D eigenvalue weighted by atomic mass is 10.1. The Labute approximate surface area is 162 Å². The molecule has 0 aliphatic carbocycles. The Kier molecular flexibility index (Phi) is 5.28. The van der Waals surface area contributed by atoms with Gasteiger partial charge in [-0.15, -0.1) is 0 Å². The van der Waals surface area contributed by atoms with Crippen molar-refractivity contribution in [3.63, 3.8) is 0 Å². The summed E-state index contributed by atoms with van der Waals surface area (Å²) in [6.07, 6.45) is 3.01. The molecule has 0 saturated carbocycles. The molecule has 6 nitrogen and oxygen atoms in total. The van der Waals surface area contributed by atoms with Gasteiger partial charge in [0.1, 0.15) is 11.5 Å². The molecule has 3 aromatic rings. The molecule has 0 amide bonds. The summed E-state index contributed by atoms with van der Waals surface area (Å²) in [5, 5.41) is 29.3. The van der Waals surface area contributed by atoms with Crippen LogP contribution in [0, 0.1) is 11.3 Å². The van der Waals surface area contributed by atoms with Crippen molar-refractivity contribution in [2.45, 2.75) is 0 Å². The van der Waals surface area contributed by atoms with Crippen LogP contribution in [0.25, 0.3) is 28.3 Å². The van der Waals surface area contributed by atoms with E-state index < -0.39 is 0 Å². The molecular weight excluding hydrogens is 352 g/mol. The molecule has 28 heavy (non-hydrogen) atoms. The first-order chi connectivity index (χ1) is 13.5. The highest BCUT2D eigenvalue weighted by molar-refractivity contribution is 5.76. The van der Waals surface area contributed by atoms with Crippen LogP contribution in [-0.4, -0.2) is 25.2 Å². The minimum Gasteiger partial charge on any atom is -0.508 e. The molecule has 0 aliphatic heterocycles. The van der Waals surface area contributed by atoms with E-state index >= 15 is 0 Å². The minimum atomic E-state index is -0.231. The molecule has 0 spiro atoms. The Morgan fingerprint density at radius 1 is 1.04 bits per heavy atom. The number of para-hydroxylation sites is 1. The number of rotatable bonds is 5. The predicted octanol–water partition coefficient (Wildman–Crippen LogP) is 4.42. The van der Waals surface area contributed by atoms with Gasteiger partial charge in [-0.3, -0.25) is 0 Å². The Morgan fingerprint density at radius 3 is 2.46 bits per heavy atom. The zero-order valence-electron chi connectivity index (χ0n) is 14.9. The summed E-state index contributed by atoms with van der Waals surface area (Å²) < 4.78 is 0. The van der Waals surface area contributed by atoms with Gasteiger partial charge in [-0.05, 0) is 30.3 Å². The van der Waals surface area contributed by atoms with Gasteiger partial charge in [0.15, 0.2) is 17.5 Å². The van der Waals surface area contributed by atoms with Gasteiger partial charge in [-0.1, -0.05) is 43.5 Å².